The van der Waals surface area contributed by atoms with E-state index in [1.54, 1.807) is 11.3 Å². The van der Waals surface area contributed by atoms with E-state index in [1.165, 1.54) is 0 Å². The molecule has 15 heavy (non-hydrogen) atoms. The Labute approximate surface area is 103 Å². The van der Waals surface area contributed by atoms with Gasteiger partial charge in [-0.1, -0.05) is 0 Å². The van der Waals surface area contributed by atoms with Crippen LogP contribution in [0.25, 0.3) is 0 Å². The van der Waals surface area contributed by atoms with Crippen LogP contribution < -0.4 is 5.32 Å². The van der Waals surface area contributed by atoms with Gasteiger partial charge in [-0.05, 0) is 42.6 Å². The number of anilines is 1. The fraction of sp³-hybridized carbons (Fsp3) is 0.700. The highest BCUT2D eigenvalue weighted by molar-refractivity contribution is 9.10. The molecule has 0 aliphatic rings. The standard InChI is InChI=1S/C10H17BrN2OS/c1-8(2)14-6-4-3-5-12-10-13-9(11)7-15-10/h7-8H,3-6H2,1-2H3,(H,12,13). The zero-order chi connectivity index (χ0) is 11.1. The van der Waals surface area contributed by atoms with Crippen molar-refractivity contribution in [2.24, 2.45) is 0 Å². The summed E-state index contributed by atoms with van der Waals surface area (Å²) in [5.74, 6) is 0. The number of ether oxygens (including phenoxy) is 1. The summed E-state index contributed by atoms with van der Waals surface area (Å²) in [5, 5.41) is 6.23. The average molecular weight is 293 g/mol. The van der Waals surface area contributed by atoms with Crippen molar-refractivity contribution in [3.8, 4) is 0 Å². The number of thiazole rings is 1. The zero-order valence-corrected chi connectivity index (χ0v) is 11.5. The Morgan fingerprint density at radius 1 is 1.53 bits per heavy atom. The first-order valence-corrected chi connectivity index (χ1v) is 6.82. The number of unbranched alkanes of at least 4 members (excludes halogenated alkanes) is 1. The SMILES string of the molecule is CC(C)OCCCCNc1nc(Br)cs1. The van der Waals surface area contributed by atoms with E-state index < -0.39 is 0 Å². The minimum absolute atomic E-state index is 0.341. The molecule has 0 fully saturated rings. The van der Waals surface area contributed by atoms with Gasteiger partial charge >= 0.3 is 0 Å². The van der Waals surface area contributed by atoms with E-state index in [2.05, 4.69) is 40.1 Å². The highest BCUT2D eigenvalue weighted by Gasteiger charge is 1.98. The third kappa shape index (κ3) is 6.12. The second kappa shape index (κ2) is 7.19. The van der Waals surface area contributed by atoms with Crippen LogP contribution in [0.3, 0.4) is 0 Å². The Balaban J connectivity index is 1.98. The number of rotatable bonds is 7. The summed E-state index contributed by atoms with van der Waals surface area (Å²) >= 11 is 4.94. The predicted octanol–water partition coefficient (Wildman–Crippen LogP) is 3.52. The summed E-state index contributed by atoms with van der Waals surface area (Å²) in [5.41, 5.74) is 0. The third-order valence-corrected chi connectivity index (χ3v) is 3.28. The Morgan fingerprint density at radius 2 is 2.33 bits per heavy atom. The first-order valence-electron chi connectivity index (χ1n) is 5.15. The van der Waals surface area contributed by atoms with E-state index in [1.807, 2.05) is 5.38 Å². The lowest BCUT2D eigenvalue weighted by Gasteiger charge is -2.07. The molecule has 1 heterocycles. The zero-order valence-electron chi connectivity index (χ0n) is 9.12. The lowest BCUT2D eigenvalue weighted by Crippen LogP contribution is -2.06. The lowest BCUT2D eigenvalue weighted by atomic mass is 10.3. The fourth-order valence-corrected chi connectivity index (χ4v) is 2.25. The summed E-state index contributed by atoms with van der Waals surface area (Å²) in [6, 6.07) is 0. The van der Waals surface area contributed by atoms with E-state index in [9.17, 15) is 0 Å². The molecule has 0 amide bonds. The van der Waals surface area contributed by atoms with Gasteiger partial charge in [0, 0.05) is 18.5 Å². The van der Waals surface area contributed by atoms with E-state index in [-0.39, 0.29) is 0 Å². The molecular formula is C10H17BrN2OS. The van der Waals surface area contributed by atoms with Gasteiger partial charge in [0.25, 0.3) is 0 Å². The molecule has 3 nitrogen and oxygen atoms in total. The van der Waals surface area contributed by atoms with Crippen molar-refractivity contribution >= 4 is 32.4 Å². The number of hydrogen-bond acceptors (Lipinski definition) is 4. The van der Waals surface area contributed by atoms with E-state index in [0.717, 1.165) is 35.7 Å². The maximum absolute atomic E-state index is 5.45. The van der Waals surface area contributed by atoms with Gasteiger partial charge in [-0.15, -0.1) is 11.3 Å². The highest BCUT2D eigenvalue weighted by Crippen LogP contribution is 2.19. The molecule has 1 aromatic rings. The average Bonchev–Trinajstić information content (AvgIpc) is 2.57. The number of halogens is 1. The molecule has 0 bridgehead atoms. The molecule has 0 aliphatic carbocycles. The molecule has 0 spiro atoms. The molecule has 1 aromatic heterocycles. The second-order valence-corrected chi connectivity index (χ2v) is 5.20. The summed E-state index contributed by atoms with van der Waals surface area (Å²) in [6.07, 6.45) is 2.55. The Kier molecular flexibility index (Phi) is 6.20. The van der Waals surface area contributed by atoms with E-state index >= 15 is 0 Å². The van der Waals surface area contributed by atoms with Crippen molar-refractivity contribution in [2.45, 2.75) is 32.8 Å². The molecule has 86 valence electrons. The molecule has 0 aliphatic heterocycles. The number of nitrogens with zero attached hydrogens (tertiary/aromatic N) is 1. The van der Waals surface area contributed by atoms with Crippen LogP contribution in [-0.2, 0) is 4.74 Å². The van der Waals surface area contributed by atoms with Crippen LogP contribution in [0.4, 0.5) is 5.13 Å². The normalized spacial score (nSPS) is 10.9. The molecular weight excluding hydrogens is 276 g/mol. The number of aromatic nitrogens is 1. The molecule has 0 atom stereocenters. The van der Waals surface area contributed by atoms with Crippen LogP contribution in [0.2, 0.25) is 0 Å². The molecule has 1 rings (SSSR count). The van der Waals surface area contributed by atoms with Gasteiger partial charge < -0.3 is 10.1 Å². The van der Waals surface area contributed by atoms with Crippen LogP contribution in [0.1, 0.15) is 26.7 Å². The summed E-state index contributed by atoms with van der Waals surface area (Å²) < 4.78 is 6.35. The molecule has 0 unspecified atom stereocenters. The summed E-state index contributed by atoms with van der Waals surface area (Å²) in [7, 11) is 0. The quantitative estimate of drug-likeness (QED) is 0.781. The van der Waals surface area contributed by atoms with Gasteiger partial charge in [-0.2, -0.15) is 0 Å². The molecule has 5 heteroatoms. The third-order valence-electron chi connectivity index (χ3n) is 1.77. The second-order valence-electron chi connectivity index (χ2n) is 3.53. The Bertz CT molecular complexity index is 278. The van der Waals surface area contributed by atoms with Crippen molar-refractivity contribution < 1.29 is 4.74 Å². The smallest absolute Gasteiger partial charge is 0.183 e. The molecule has 0 aromatic carbocycles. The van der Waals surface area contributed by atoms with Crippen molar-refractivity contribution in [1.29, 1.82) is 0 Å². The van der Waals surface area contributed by atoms with Gasteiger partial charge in [-0.3, -0.25) is 0 Å². The van der Waals surface area contributed by atoms with Crippen LogP contribution >= 0.6 is 27.3 Å². The number of nitrogens with one attached hydrogen (secondary N) is 1. The largest absolute Gasteiger partial charge is 0.379 e. The highest BCUT2D eigenvalue weighted by atomic mass is 79.9. The van der Waals surface area contributed by atoms with Gasteiger partial charge in [0.05, 0.1) is 6.10 Å². The van der Waals surface area contributed by atoms with E-state index in [4.69, 9.17) is 4.74 Å². The van der Waals surface area contributed by atoms with Crippen molar-refractivity contribution in [3.05, 3.63) is 9.98 Å². The first kappa shape index (κ1) is 12.9. The number of hydrogen-bond donors (Lipinski definition) is 1. The minimum Gasteiger partial charge on any atom is -0.379 e. The van der Waals surface area contributed by atoms with E-state index in [0.29, 0.717) is 6.10 Å². The molecule has 0 saturated carbocycles. The fourth-order valence-electron chi connectivity index (χ4n) is 1.08. The van der Waals surface area contributed by atoms with Crippen molar-refractivity contribution in [3.63, 3.8) is 0 Å². The van der Waals surface area contributed by atoms with Crippen molar-refractivity contribution in [2.75, 3.05) is 18.5 Å². The monoisotopic (exact) mass is 292 g/mol. The van der Waals surface area contributed by atoms with Gasteiger partial charge in [-0.25, -0.2) is 4.98 Å². The van der Waals surface area contributed by atoms with Crippen molar-refractivity contribution in [1.82, 2.24) is 4.98 Å². The summed E-state index contributed by atoms with van der Waals surface area (Å²) in [6.45, 7) is 5.93. The molecule has 1 N–H and O–H groups in total. The lowest BCUT2D eigenvalue weighted by molar-refractivity contribution is 0.0765. The van der Waals surface area contributed by atoms with Crippen LogP contribution in [0.15, 0.2) is 9.98 Å². The first-order chi connectivity index (χ1) is 7.18. The minimum atomic E-state index is 0.341. The Morgan fingerprint density at radius 3 is 2.93 bits per heavy atom. The van der Waals surface area contributed by atoms with Crippen LogP contribution in [0.5, 0.6) is 0 Å². The van der Waals surface area contributed by atoms with Gasteiger partial charge in [0.15, 0.2) is 5.13 Å². The molecule has 0 saturated heterocycles. The van der Waals surface area contributed by atoms with Gasteiger partial charge in [0.2, 0.25) is 0 Å². The maximum atomic E-state index is 5.45. The summed E-state index contributed by atoms with van der Waals surface area (Å²) in [4.78, 5) is 4.25. The Hall–Kier alpha value is -0.130. The van der Waals surface area contributed by atoms with Gasteiger partial charge in [0.1, 0.15) is 4.60 Å². The van der Waals surface area contributed by atoms with Crippen LogP contribution in [0, 0.1) is 0 Å². The van der Waals surface area contributed by atoms with Crippen LogP contribution in [-0.4, -0.2) is 24.2 Å². The predicted molar refractivity (Wildman–Crippen MR) is 68.6 cm³/mol. The maximum Gasteiger partial charge on any atom is 0.183 e. The molecule has 0 radical (unpaired) electrons. The topological polar surface area (TPSA) is 34.1 Å².